The van der Waals surface area contributed by atoms with Gasteiger partial charge in [-0.3, -0.25) is 0 Å². The first kappa shape index (κ1) is 12.2. The van der Waals surface area contributed by atoms with Gasteiger partial charge in [0.25, 0.3) is 0 Å². The summed E-state index contributed by atoms with van der Waals surface area (Å²) in [4.78, 5) is 0. The van der Waals surface area contributed by atoms with Gasteiger partial charge < -0.3 is 14.8 Å². The molecule has 98 valence electrons. The molecule has 0 bridgehead atoms. The second-order valence-corrected chi connectivity index (χ2v) is 4.68. The molecule has 1 aromatic heterocycles. The molecule has 3 rings (SSSR count). The summed E-state index contributed by atoms with van der Waals surface area (Å²) in [7, 11) is 0. The number of hydrogen-bond acceptors (Lipinski definition) is 2. The summed E-state index contributed by atoms with van der Waals surface area (Å²) in [6, 6.07) is 14.4. The molecule has 0 radical (unpaired) electrons. The molecule has 0 saturated carbocycles. The number of hydrogen-bond donors (Lipinski definition) is 2. The zero-order valence-electron chi connectivity index (χ0n) is 10.7. The van der Waals surface area contributed by atoms with Gasteiger partial charge in [-0.25, -0.2) is 0 Å². The molecule has 1 heterocycles. The molecular formula is C16H17NO2. The third kappa shape index (κ3) is 1.91. The molecule has 3 heteroatoms. The van der Waals surface area contributed by atoms with Gasteiger partial charge in [0, 0.05) is 35.0 Å². The quantitative estimate of drug-likeness (QED) is 0.751. The van der Waals surface area contributed by atoms with Gasteiger partial charge in [-0.05, 0) is 24.1 Å². The first-order valence-corrected chi connectivity index (χ1v) is 6.57. The van der Waals surface area contributed by atoms with Crippen LogP contribution in [0.5, 0.6) is 0 Å². The van der Waals surface area contributed by atoms with Gasteiger partial charge in [0.1, 0.15) is 0 Å². The van der Waals surface area contributed by atoms with Gasteiger partial charge in [0.15, 0.2) is 0 Å². The molecule has 19 heavy (non-hydrogen) atoms. The van der Waals surface area contributed by atoms with Crippen LogP contribution in [0.3, 0.4) is 0 Å². The number of benzene rings is 2. The maximum absolute atomic E-state index is 9.27. The van der Waals surface area contributed by atoms with Gasteiger partial charge in [0.05, 0.1) is 6.61 Å². The van der Waals surface area contributed by atoms with E-state index in [9.17, 15) is 10.2 Å². The van der Waals surface area contributed by atoms with E-state index in [4.69, 9.17) is 0 Å². The molecule has 0 amide bonds. The van der Waals surface area contributed by atoms with E-state index in [-0.39, 0.29) is 13.2 Å². The summed E-state index contributed by atoms with van der Waals surface area (Å²) in [5, 5.41) is 20.9. The van der Waals surface area contributed by atoms with E-state index < -0.39 is 0 Å². The van der Waals surface area contributed by atoms with Crippen LogP contribution in [0.2, 0.25) is 0 Å². The average Bonchev–Trinajstić information content (AvgIpc) is 2.76. The van der Waals surface area contributed by atoms with E-state index in [1.807, 2.05) is 18.2 Å². The number of fused-ring (bicyclic) bond motifs is 3. The Hall–Kier alpha value is -1.84. The second kappa shape index (κ2) is 5.03. The highest BCUT2D eigenvalue weighted by Crippen LogP contribution is 2.31. The lowest BCUT2D eigenvalue weighted by molar-refractivity contribution is 0.280. The van der Waals surface area contributed by atoms with E-state index in [1.54, 1.807) is 0 Å². The summed E-state index contributed by atoms with van der Waals surface area (Å²) in [6.07, 6.45) is 0.657. The topological polar surface area (TPSA) is 45.4 Å². The van der Waals surface area contributed by atoms with Crippen LogP contribution in [0, 0.1) is 0 Å². The number of nitrogens with zero attached hydrogens (tertiary/aromatic N) is 1. The van der Waals surface area contributed by atoms with Crippen molar-refractivity contribution >= 4 is 21.8 Å². The molecule has 2 aromatic carbocycles. The molecule has 0 saturated heterocycles. The Bertz CT molecular complexity index is 715. The van der Waals surface area contributed by atoms with Crippen molar-refractivity contribution in [3.05, 3.63) is 48.0 Å². The minimum atomic E-state index is 0.123. The minimum Gasteiger partial charge on any atom is -0.396 e. The maximum Gasteiger partial charge on any atom is 0.0610 e. The van der Waals surface area contributed by atoms with Crippen LogP contribution in [0.25, 0.3) is 21.8 Å². The molecule has 0 aliphatic rings. The smallest absolute Gasteiger partial charge is 0.0610 e. The van der Waals surface area contributed by atoms with Gasteiger partial charge in [-0.15, -0.1) is 0 Å². The Kier molecular flexibility index (Phi) is 3.23. The fraction of sp³-hybridized carbons (Fsp3) is 0.250. The molecule has 0 atom stereocenters. The van der Waals surface area contributed by atoms with E-state index in [2.05, 4.69) is 28.8 Å². The van der Waals surface area contributed by atoms with E-state index in [1.165, 1.54) is 10.8 Å². The summed E-state index contributed by atoms with van der Waals surface area (Å²) in [5.41, 5.74) is 3.42. The van der Waals surface area contributed by atoms with E-state index in [0.29, 0.717) is 13.0 Å². The summed E-state index contributed by atoms with van der Waals surface area (Å²) >= 11 is 0. The lowest BCUT2D eigenvalue weighted by atomic mass is 10.0. The van der Waals surface area contributed by atoms with Gasteiger partial charge in [0.2, 0.25) is 0 Å². The predicted octanol–water partition coefficient (Wildman–Crippen LogP) is 2.32. The van der Waals surface area contributed by atoms with Gasteiger partial charge in [-0.2, -0.15) is 0 Å². The summed E-state index contributed by atoms with van der Waals surface area (Å²) < 4.78 is 2.14. The zero-order valence-corrected chi connectivity index (χ0v) is 10.7. The third-order valence-electron chi connectivity index (χ3n) is 3.59. The number of rotatable bonds is 4. The van der Waals surface area contributed by atoms with Crippen molar-refractivity contribution in [1.29, 1.82) is 0 Å². The normalized spacial score (nSPS) is 11.5. The lowest BCUT2D eigenvalue weighted by Gasteiger charge is -2.05. The Morgan fingerprint density at radius 3 is 2.42 bits per heavy atom. The fourth-order valence-corrected chi connectivity index (χ4v) is 2.84. The van der Waals surface area contributed by atoms with Crippen molar-refractivity contribution in [3.63, 3.8) is 0 Å². The first-order chi connectivity index (χ1) is 9.36. The Morgan fingerprint density at radius 2 is 1.63 bits per heavy atom. The minimum absolute atomic E-state index is 0.123. The van der Waals surface area contributed by atoms with E-state index >= 15 is 0 Å². The molecular weight excluding hydrogens is 238 g/mol. The van der Waals surface area contributed by atoms with Crippen LogP contribution < -0.4 is 0 Å². The molecule has 0 spiro atoms. The Balaban J connectivity index is 2.41. The van der Waals surface area contributed by atoms with Crippen molar-refractivity contribution in [1.82, 2.24) is 4.57 Å². The Labute approximate surface area is 111 Å². The van der Waals surface area contributed by atoms with Crippen LogP contribution in [0.4, 0.5) is 0 Å². The third-order valence-corrected chi connectivity index (χ3v) is 3.59. The van der Waals surface area contributed by atoms with E-state index in [0.717, 1.165) is 16.6 Å². The van der Waals surface area contributed by atoms with Crippen molar-refractivity contribution in [2.24, 2.45) is 0 Å². The molecule has 0 unspecified atom stereocenters. The van der Waals surface area contributed by atoms with Gasteiger partial charge in [-0.1, -0.05) is 30.3 Å². The van der Waals surface area contributed by atoms with Crippen molar-refractivity contribution in [3.8, 4) is 0 Å². The monoisotopic (exact) mass is 255 g/mol. The second-order valence-electron chi connectivity index (χ2n) is 4.68. The average molecular weight is 255 g/mol. The van der Waals surface area contributed by atoms with Crippen LogP contribution in [0.15, 0.2) is 42.5 Å². The van der Waals surface area contributed by atoms with Crippen molar-refractivity contribution in [2.75, 3.05) is 13.2 Å². The van der Waals surface area contributed by atoms with Gasteiger partial charge >= 0.3 is 0 Å². The highest BCUT2D eigenvalue weighted by atomic mass is 16.3. The molecule has 0 aliphatic heterocycles. The number of aliphatic hydroxyl groups excluding tert-OH is 2. The predicted molar refractivity (Wildman–Crippen MR) is 77.3 cm³/mol. The highest BCUT2D eigenvalue weighted by Gasteiger charge is 2.12. The first-order valence-electron chi connectivity index (χ1n) is 6.57. The lowest BCUT2D eigenvalue weighted by Crippen LogP contribution is -2.01. The molecule has 3 aromatic rings. The largest absolute Gasteiger partial charge is 0.396 e. The van der Waals surface area contributed by atoms with Crippen LogP contribution >= 0.6 is 0 Å². The van der Waals surface area contributed by atoms with Crippen LogP contribution in [-0.4, -0.2) is 28.0 Å². The Morgan fingerprint density at radius 1 is 0.842 bits per heavy atom. The molecule has 3 nitrogen and oxygen atoms in total. The van der Waals surface area contributed by atoms with Crippen molar-refractivity contribution in [2.45, 2.75) is 13.0 Å². The number of aromatic nitrogens is 1. The van der Waals surface area contributed by atoms with Crippen LogP contribution in [-0.2, 0) is 13.0 Å². The number of aliphatic hydroxyl groups is 2. The molecule has 0 aliphatic carbocycles. The fourth-order valence-electron chi connectivity index (χ4n) is 2.84. The van der Waals surface area contributed by atoms with Crippen LogP contribution in [0.1, 0.15) is 5.56 Å². The molecule has 2 N–H and O–H groups in total. The highest BCUT2D eigenvalue weighted by molar-refractivity contribution is 6.09. The summed E-state index contributed by atoms with van der Waals surface area (Å²) in [6.45, 7) is 0.864. The maximum atomic E-state index is 9.27. The number of para-hydroxylation sites is 1. The SMILES string of the molecule is OCCc1cccc2c1c1ccccc1n2CCO. The standard InChI is InChI=1S/C16H17NO2/c18-10-8-12-4-3-7-15-16(12)13-5-1-2-6-14(13)17(15)9-11-19/h1-7,18-19H,8-11H2. The zero-order chi connectivity index (χ0) is 13.2. The van der Waals surface area contributed by atoms with Crippen molar-refractivity contribution < 1.29 is 10.2 Å². The summed E-state index contributed by atoms with van der Waals surface area (Å²) in [5.74, 6) is 0. The molecule has 0 fully saturated rings.